The van der Waals surface area contributed by atoms with Crippen LogP contribution in [0.2, 0.25) is 0 Å². The number of carbonyl (C=O) groups is 1. The first-order valence-corrected chi connectivity index (χ1v) is 5.91. The number of nitrogens with one attached hydrogen (secondary N) is 1. The topological polar surface area (TPSA) is 68.3 Å². The summed E-state index contributed by atoms with van der Waals surface area (Å²) in [5, 5.41) is 2.68. The summed E-state index contributed by atoms with van der Waals surface area (Å²) < 4.78 is 18.4. The molecule has 2 aromatic rings. The van der Waals surface area contributed by atoms with Gasteiger partial charge in [-0.3, -0.25) is 4.79 Å². The van der Waals surface area contributed by atoms with Gasteiger partial charge < -0.3 is 15.5 Å². The third-order valence-corrected chi connectivity index (χ3v) is 3.02. The summed E-state index contributed by atoms with van der Waals surface area (Å²) in [6.45, 7) is 0.332. The highest BCUT2D eigenvalue weighted by molar-refractivity contribution is 9.10. The quantitative estimate of drug-likeness (QED) is 0.856. The van der Waals surface area contributed by atoms with Gasteiger partial charge in [-0.25, -0.2) is 4.39 Å². The Balaban J connectivity index is 2.11. The lowest BCUT2D eigenvalue weighted by molar-refractivity contribution is 0.0950. The number of amides is 1. The minimum absolute atomic E-state index is 0.0633. The molecule has 0 bridgehead atoms. The normalized spacial score (nSPS) is 10.3. The highest BCUT2D eigenvalue weighted by atomic mass is 79.9. The maximum absolute atomic E-state index is 13.1. The van der Waals surface area contributed by atoms with E-state index in [9.17, 15) is 9.18 Å². The van der Waals surface area contributed by atoms with Crippen molar-refractivity contribution >= 4 is 27.5 Å². The zero-order chi connectivity index (χ0) is 13.1. The van der Waals surface area contributed by atoms with Crippen molar-refractivity contribution in [3.8, 4) is 0 Å². The van der Waals surface area contributed by atoms with Gasteiger partial charge in [-0.2, -0.15) is 0 Å². The fourth-order valence-corrected chi connectivity index (χ4v) is 1.91. The van der Waals surface area contributed by atoms with Crippen LogP contribution in [0.5, 0.6) is 0 Å². The highest BCUT2D eigenvalue weighted by Crippen LogP contribution is 2.22. The van der Waals surface area contributed by atoms with Crippen molar-refractivity contribution in [3.63, 3.8) is 0 Å². The van der Waals surface area contributed by atoms with E-state index in [2.05, 4.69) is 21.2 Å². The lowest BCUT2D eigenvalue weighted by atomic mass is 10.2. The Morgan fingerprint density at radius 2 is 2.28 bits per heavy atom. The average molecular weight is 313 g/mol. The Kier molecular flexibility index (Phi) is 3.66. The second-order valence-corrected chi connectivity index (χ2v) is 4.52. The number of benzene rings is 1. The van der Waals surface area contributed by atoms with Crippen LogP contribution in [-0.4, -0.2) is 5.91 Å². The number of nitrogen functional groups attached to an aromatic ring is 1. The fourth-order valence-electron chi connectivity index (χ4n) is 1.41. The summed E-state index contributed by atoms with van der Waals surface area (Å²) >= 11 is 3.13. The number of furan rings is 1. The maximum Gasteiger partial charge on any atom is 0.252 e. The minimum Gasteiger partial charge on any atom is -0.472 e. The van der Waals surface area contributed by atoms with E-state index >= 15 is 0 Å². The van der Waals surface area contributed by atoms with Gasteiger partial charge >= 0.3 is 0 Å². The number of anilines is 1. The summed E-state index contributed by atoms with van der Waals surface area (Å²) in [6.07, 6.45) is 3.06. The second-order valence-electron chi connectivity index (χ2n) is 3.67. The molecule has 0 aliphatic rings. The fraction of sp³-hybridized carbons (Fsp3) is 0.0833. The smallest absolute Gasteiger partial charge is 0.252 e. The van der Waals surface area contributed by atoms with E-state index in [0.717, 1.165) is 5.56 Å². The Hall–Kier alpha value is -1.82. The van der Waals surface area contributed by atoms with Gasteiger partial charge in [0.15, 0.2) is 0 Å². The molecular formula is C12H10BrFN2O2. The van der Waals surface area contributed by atoms with Gasteiger partial charge in [-0.15, -0.1) is 0 Å². The lowest BCUT2D eigenvalue weighted by Crippen LogP contribution is -2.23. The Labute approximate surface area is 111 Å². The van der Waals surface area contributed by atoms with Crippen LogP contribution in [-0.2, 0) is 6.54 Å². The SMILES string of the molecule is Nc1cc(C(=O)NCc2ccoc2)c(Br)cc1F. The summed E-state index contributed by atoms with van der Waals surface area (Å²) in [5.41, 5.74) is 6.50. The van der Waals surface area contributed by atoms with E-state index in [1.807, 2.05) is 0 Å². The summed E-state index contributed by atoms with van der Waals surface area (Å²) in [7, 11) is 0. The molecule has 4 nitrogen and oxygen atoms in total. The molecule has 3 N–H and O–H groups in total. The van der Waals surface area contributed by atoms with Crippen molar-refractivity contribution in [1.82, 2.24) is 5.32 Å². The first kappa shape index (κ1) is 12.6. The van der Waals surface area contributed by atoms with Crippen LogP contribution < -0.4 is 11.1 Å². The lowest BCUT2D eigenvalue weighted by Gasteiger charge is -2.07. The molecule has 0 saturated carbocycles. The predicted octanol–water partition coefficient (Wildman–Crippen LogP) is 2.69. The van der Waals surface area contributed by atoms with Gasteiger partial charge in [0.2, 0.25) is 0 Å². The van der Waals surface area contributed by atoms with Gasteiger partial charge in [0, 0.05) is 16.6 Å². The summed E-state index contributed by atoms with van der Waals surface area (Å²) in [5.74, 6) is -0.900. The van der Waals surface area contributed by atoms with Crippen molar-refractivity contribution < 1.29 is 13.6 Å². The van der Waals surface area contributed by atoms with Crippen LogP contribution in [0.25, 0.3) is 0 Å². The van der Waals surface area contributed by atoms with Crippen molar-refractivity contribution in [2.75, 3.05) is 5.73 Å². The number of nitrogens with two attached hydrogens (primary N) is 1. The number of hydrogen-bond donors (Lipinski definition) is 2. The van der Waals surface area contributed by atoms with Gasteiger partial charge in [0.25, 0.3) is 5.91 Å². The van der Waals surface area contributed by atoms with Gasteiger partial charge in [0.1, 0.15) is 5.82 Å². The zero-order valence-corrected chi connectivity index (χ0v) is 10.8. The minimum atomic E-state index is -0.562. The van der Waals surface area contributed by atoms with Crippen molar-refractivity contribution in [1.29, 1.82) is 0 Å². The largest absolute Gasteiger partial charge is 0.472 e. The number of carbonyl (C=O) groups excluding carboxylic acids is 1. The molecule has 1 aromatic carbocycles. The molecule has 0 fully saturated rings. The van der Waals surface area contributed by atoms with Crippen molar-refractivity contribution in [3.05, 3.63) is 52.1 Å². The number of hydrogen-bond acceptors (Lipinski definition) is 3. The number of rotatable bonds is 3. The summed E-state index contributed by atoms with van der Waals surface area (Å²) in [4.78, 5) is 11.9. The van der Waals surface area contributed by atoms with E-state index in [4.69, 9.17) is 10.2 Å². The molecule has 0 unspecified atom stereocenters. The molecule has 0 spiro atoms. The first-order chi connectivity index (χ1) is 8.58. The van der Waals surface area contributed by atoms with Crippen molar-refractivity contribution in [2.45, 2.75) is 6.54 Å². The van der Waals surface area contributed by atoms with E-state index in [1.165, 1.54) is 24.7 Å². The maximum atomic E-state index is 13.1. The van der Waals surface area contributed by atoms with Crippen LogP contribution in [0.4, 0.5) is 10.1 Å². The van der Waals surface area contributed by atoms with E-state index < -0.39 is 5.82 Å². The molecule has 0 aliphatic heterocycles. The molecule has 1 aromatic heterocycles. The van der Waals surface area contributed by atoms with E-state index in [0.29, 0.717) is 11.0 Å². The van der Waals surface area contributed by atoms with Crippen LogP contribution in [0.3, 0.4) is 0 Å². The van der Waals surface area contributed by atoms with Crippen molar-refractivity contribution in [2.24, 2.45) is 0 Å². The molecule has 6 heteroatoms. The Morgan fingerprint density at radius 1 is 1.50 bits per heavy atom. The second kappa shape index (κ2) is 5.22. The third-order valence-electron chi connectivity index (χ3n) is 2.36. The van der Waals surface area contributed by atoms with Gasteiger partial charge in [0.05, 0.1) is 23.8 Å². The molecule has 0 aliphatic carbocycles. The third kappa shape index (κ3) is 2.70. The summed E-state index contributed by atoms with van der Waals surface area (Å²) in [6, 6.07) is 4.21. The van der Waals surface area contributed by atoms with Gasteiger partial charge in [-0.05, 0) is 34.1 Å². The first-order valence-electron chi connectivity index (χ1n) is 5.11. The molecule has 2 rings (SSSR count). The zero-order valence-electron chi connectivity index (χ0n) is 9.24. The Bertz CT molecular complexity index is 570. The van der Waals surface area contributed by atoms with E-state index in [1.54, 1.807) is 6.07 Å². The molecule has 0 radical (unpaired) electrons. The predicted molar refractivity (Wildman–Crippen MR) is 68.4 cm³/mol. The monoisotopic (exact) mass is 312 g/mol. The standard InChI is InChI=1S/C12H10BrFN2O2/c13-9-4-10(14)11(15)3-8(9)12(17)16-5-7-1-2-18-6-7/h1-4,6H,5,15H2,(H,16,17). The molecule has 18 heavy (non-hydrogen) atoms. The van der Waals surface area contributed by atoms with Crippen LogP contribution >= 0.6 is 15.9 Å². The highest BCUT2D eigenvalue weighted by Gasteiger charge is 2.13. The van der Waals surface area contributed by atoms with E-state index in [-0.39, 0.29) is 17.2 Å². The average Bonchev–Trinajstić information content (AvgIpc) is 2.84. The molecule has 0 atom stereocenters. The number of halogens is 2. The van der Waals surface area contributed by atoms with Gasteiger partial charge in [-0.1, -0.05) is 0 Å². The molecule has 0 saturated heterocycles. The Morgan fingerprint density at radius 3 is 2.94 bits per heavy atom. The van der Waals surface area contributed by atoms with Crippen LogP contribution in [0.1, 0.15) is 15.9 Å². The molecule has 94 valence electrons. The van der Waals surface area contributed by atoms with Crippen LogP contribution in [0, 0.1) is 5.82 Å². The van der Waals surface area contributed by atoms with Crippen LogP contribution in [0.15, 0.2) is 39.6 Å². The molecule has 1 amide bonds. The molecular weight excluding hydrogens is 303 g/mol. The molecule has 1 heterocycles.